The number of nitrogens with zero attached hydrogens (tertiary/aromatic N) is 3. The van der Waals surface area contributed by atoms with Gasteiger partial charge in [-0.25, -0.2) is 9.67 Å². The van der Waals surface area contributed by atoms with E-state index in [0.717, 1.165) is 12.1 Å². The van der Waals surface area contributed by atoms with Crippen molar-refractivity contribution in [2.75, 3.05) is 12.3 Å². The molecule has 3 rings (SSSR count). The van der Waals surface area contributed by atoms with Crippen LogP contribution in [-0.2, 0) is 11.2 Å². The molecular weight excluding hydrogens is 320 g/mol. The fraction of sp³-hybridized carbons (Fsp3) is 0.167. The van der Waals surface area contributed by atoms with Gasteiger partial charge in [0.25, 0.3) is 0 Å². The molecule has 0 unspecified atom stereocenters. The third-order valence-corrected chi connectivity index (χ3v) is 4.25. The van der Waals surface area contributed by atoms with Crippen molar-refractivity contribution < 1.29 is 4.79 Å². The fourth-order valence-electron chi connectivity index (χ4n) is 2.19. The van der Waals surface area contributed by atoms with E-state index in [9.17, 15) is 4.79 Å². The lowest BCUT2D eigenvalue weighted by Gasteiger charge is -2.04. The van der Waals surface area contributed by atoms with Crippen molar-refractivity contribution in [3.8, 4) is 5.69 Å². The largest absolute Gasteiger partial charge is 0.355 e. The van der Waals surface area contributed by atoms with Gasteiger partial charge in [-0.2, -0.15) is 0 Å². The second-order valence-electron chi connectivity index (χ2n) is 5.18. The Labute approximate surface area is 145 Å². The summed E-state index contributed by atoms with van der Waals surface area (Å²) in [5.74, 6) is 0.306. The Morgan fingerprint density at radius 1 is 1.04 bits per heavy atom. The fourth-order valence-corrected chi connectivity index (χ4v) is 2.82. The lowest BCUT2D eigenvalue weighted by Crippen LogP contribution is -2.27. The van der Waals surface area contributed by atoms with Crippen LogP contribution >= 0.6 is 11.8 Å². The van der Waals surface area contributed by atoms with Crippen molar-refractivity contribution in [2.24, 2.45) is 0 Å². The molecule has 0 aliphatic carbocycles. The van der Waals surface area contributed by atoms with Gasteiger partial charge in [0.1, 0.15) is 6.33 Å². The summed E-state index contributed by atoms with van der Waals surface area (Å²) in [6.45, 7) is 0.634. The molecule has 122 valence electrons. The Balaban J connectivity index is 1.42. The molecule has 0 saturated heterocycles. The van der Waals surface area contributed by atoms with Crippen molar-refractivity contribution >= 4 is 17.7 Å². The zero-order valence-electron chi connectivity index (χ0n) is 13.1. The van der Waals surface area contributed by atoms with E-state index in [4.69, 9.17) is 0 Å². The van der Waals surface area contributed by atoms with Crippen LogP contribution < -0.4 is 5.32 Å². The molecule has 0 radical (unpaired) electrons. The predicted molar refractivity (Wildman–Crippen MR) is 95.2 cm³/mol. The van der Waals surface area contributed by atoms with Crippen molar-refractivity contribution in [3.63, 3.8) is 0 Å². The molecule has 3 aromatic rings. The second-order valence-corrected chi connectivity index (χ2v) is 6.12. The molecule has 0 bridgehead atoms. The first kappa shape index (κ1) is 16.3. The number of carbonyl (C=O) groups excluding carboxylic acids is 1. The first-order valence-electron chi connectivity index (χ1n) is 7.72. The van der Waals surface area contributed by atoms with Crippen LogP contribution in [0.5, 0.6) is 0 Å². The minimum atomic E-state index is -0.00741. The number of para-hydroxylation sites is 1. The van der Waals surface area contributed by atoms with Crippen molar-refractivity contribution in [2.45, 2.75) is 11.6 Å². The van der Waals surface area contributed by atoms with Gasteiger partial charge in [-0.3, -0.25) is 4.79 Å². The van der Waals surface area contributed by atoms with Gasteiger partial charge in [-0.1, -0.05) is 60.3 Å². The lowest BCUT2D eigenvalue weighted by molar-refractivity contribution is -0.118. The van der Waals surface area contributed by atoms with Gasteiger partial charge in [0.15, 0.2) is 0 Å². The number of thioether (sulfide) groups is 1. The highest BCUT2D eigenvalue weighted by Crippen LogP contribution is 2.13. The average Bonchev–Trinajstić information content (AvgIpc) is 3.11. The minimum absolute atomic E-state index is 0.00741. The molecule has 0 aliphatic heterocycles. The molecule has 1 amide bonds. The summed E-state index contributed by atoms with van der Waals surface area (Å²) in [5, 5.41) is 7.88. The smallest absolute Gasteiger partial charge is 0.230 e. The first-order chi connectivity index (χ1) is 11.8. The average molecular weight is 338 g/mol. The van der Waals surface area contributed by atoms with Crippen LogP contribution in [0.1, 0.15) is 5.56 Å². The van der Waals surface area contributed by atoms with Gasteiger partial charge >= 0.3 is 0 Å². The maximum atomic E-state index is 11.9. The van der Waals surface area contributed by atoms with E-state index in [1.54, 1.807) is 11.0 Å². The monoisotopic (exact) mass is 338 g/mol. The number of rotatable bonds is 7. The SMILES string of the molecule is O=C(CSc1ncn(-c2ccccc2)n1)NCCc1ccccc1. The van der Waals surface area contributed by atoms with Gasteiger partial charge < -0.3 is 5.32 Å². The summed E-state index contributed by atoms with van der Waals surface area (Å²) in [7, 11) is 0. The van der Waals surface area contributed by atoms with Crippen LogP contribution in [0.4, 0.5) is 0 Å². The standard InChI is InChI=1S/C18H18N4OS/c23-17(19-12-11-15-7-3-1-4-8-15)13-24-18-20-14-22(21-18)16-9-5-2-6-10-16/h1-10,14H,11-13H2,(H,19,23). The van der Waals surface area contributed by atoms with Crippen LogP contribution in [-0.4, -0.2) is 33.0 Å². The van der Waals surface area contributed by atoms with Gasteiger partial charge in [-0.15, -0.1) is 5.10 Å². The number of aromatic nitrogens is 3. The molecular formula is C18H18N4OS. The summed E-state index contributed by atoms with van der Waals surface area (Å²) in [5.41, 5.74) is 2.16. The Hall–Kier alpha value is -2.60. The normalized spacial score (nSPS) is 10.5. The molecule has 0 saturated carbocycles. The number of nitrogens with one attached hydrogen (secondary N) is 1. The van der Waals surface area contributed by atoms with Crippen molar-refractivity contribution in [1.29, 1.82) is 0 Å². The molecule has 1 N–H and O–H groups in total. The maximum absolute atomic E-state index is 11.9. The van der Waals surface area contributed by atoms with Crippen molar-refractivity contribution in [3.05, 3.63) is 72.6 Å². The molecule has 0 atom stereocenters. The zero-order chi connectivity index (χ0) is 16.6. The molecule has 1 heterocycles. The number of hydrogen-bond acceptors (Lipinski definition) is 4. The summed E-state index contributed by atoms with van der Waals surface area (Å²) < 4.78 is 1.70. The van der Waals surface area contributed by atoms with E-state index in [0.29, 0.717) is 17.5 Å². The molecule has 0 spiro atoms. The number of carbonyl (C=O) groups is 1. The summed E-state index contributed by atoms with van der Waals surface area (Å²) in [4.78, 5) is 16.1. The molecule has 24 heavy (non-hydrogen) atoms. The van der Waals surface area contributed by atoms with E-state index in [-0.39, 0.29) is 5.91 Å². The van der Waals surface area contributed by atoms with Crippen molar-refractivity contribution in [1.82, 2.24) is 20.1 Å². The number of hydrogen-bond donors (Lipinski definition) is 1. The van der Waals surface area contributed by atoms with Gasteiger partial charge in [-0.05, 0) is 24.1 Å². The summed E-state index contributed by atoms with van der Waals surface area (Å²) in [6.07, 6.45) is 2.49. The first-order valence-corrected chi connectivity index (χ1v) is 8.70. The van der Waals surface area contributed by atoms with Crippen LogP contribution in [0.25, 0.3) is 5.69 Å². The maximum Gasteiger partial charge on any atom is 0.230 e. The van der Waals surface area contributed by atoms with E-state index >= 15 is 0 Å². The molecule has 5 nitrogen and oxygen atoms in total. The van der Waals surface area contributed by atoms with Crippen LogP contribution in [0.2, 0.25) is 0 Å². The van der Waals surface area contributed by atoms with Gasteiger partial charge in [0, 0.05) is 6.54 Å². The van der Waals surface area contributed by atoms with Gasteiger partial charge in [0.05, 0.1) is 11.4 Å². The Morgan fingerprint density at radius 2 is 1.75 bits per heavy atom. The van der Waals surface area contributed by atoms with Crippen LogP contribution in [0.3, 0.4) is 0 Å². The third kappa shape index (κ3) is 4.70. The van der Waals surface area contributed by atoms with E-state index < -0.39 is 0 Å². The second kappa shape index (κ2) is 8.31. The molecule has 0 fully saturated rings. The molecule has 6 heteroatoms. The minimum Gasteiger partial charge on any atom is -0.355 e. The molecule has 0 aliphatic rings. The quantitative estimate of drug-likeness (QED) is 0.673. The van der Waals surface area contributed by atoms with E-state index in [1.807, 2.05) is 48.5 Å². The van der Waals surface area contributed by atoms with E-state index in [2.05, 4.69) is 27.5 Å². The number of benzene rings is 2. The zero-order valence-corrected chi connectivity index (χ0v) is 13.9. The lowest BCUT2D eigenvalue weighted by atomic mass is 10.1. The third-order valence-electron chi connectivity index (χ3n) is 3.40. The summed E-state index contributed by atoms with van der Waals surface area (Å²) >= 11 is 1.34. The van der Waals surface area contributed by atoms with Crippen LogP contribution in [0.15, 0.2) is 72.1 Å². The van der Waals surface area contributed by atoms with Crippen LogP contribution in [0, 0.1) is 0 Å². The number of amides is 1. The Morgan fingerprint density at radius 3 is 2.50 bits per heavy atom. The molecule has 1 aromatic heterocycles. The Bertz CT molecular complexity index is 774. The molecule has 2 aromatic carbocycles. The topological polar surface area (TPSA) is 59.8 Å². The highest BCUT2D eigenvalue weighted by molar-refractivity contribution is 7.99. The predicted octanol–water partition coefficient (Wildman–Crippen LogP) is 2.72. The van der Waals surface area contributed by atoms with Gasteiger partial charge in [0.2, 0.25) is 11.1 Å². The highest BCUT2D eigenvalue weighted by Gasteiger charge is 2.07. The highest BCUT2D eigenvalue weighted by atomic mass is 32.2. The Kier molecular flexibility index (Phi) is 5.63. The van der Waals surface area contributed by atoms with E-state index in [1.165, 1.54) is 17.3 Å². The summed E-state index contributed by atoms with van der Waals surface area (Å²) in [6, 6.07) is 19.9.